The van der Waals surface area contributed by atoms with Gasteiger partial charge in [-0.1, -0.05) is 11.6 Å². The number of H-pyrrole nitrogens is 1. The summed E-state index contributed by atoms with van der Waals surface area (Å²) in [6.07, 6.45) is 0.977. The van der Waals surface area contributed by atoms with E-state index in [9.17, 15) is 4.39 Å². The van der Waals surface area contributed by atoms with Gasteiger partial charge in [0.15, 0.2) is 11.5 Å². The fourth-order valence-corrected chi connectivity index (χ4v) is 4.23. The predicted molar refractivity (Wildman–Crippen MR) is 132 cm³/mol. The molecule has 1 fully saturated rings. The molecular weight excluding hydrogens is 457 g/mol. The van der Waals surface area contributed by atoms with E-state index in [1.165, 1.54) is 12.1 Å². The van der Waals surface area contributed by atoms with E-state index in [0.717, 1.165) is 61.8 Å². The Kier molecular flexibility index (Phi) is 6.46. The second kappa shape index (κ2) is 9.82. The Bertz CT molecular complexity index is 1260. The Hall–Kier alpha value is -3.43. The number of nitrogens with two attached hydrogens (primary N) is 1. The summed E-state index contributed by atoms with van der Waals surface area (Å²) in [6.45, 7) is 4.90. The van der Waals surface area contributed by atoms with Crippen molar-refractivity contribution >= 4 is 34.5 Å². The van der Waals surface area contributed by atoms with E-state index in [-0.39, 0.29) is 11.8 Å². The normalized spacial score (nSPS) is 14.9. The molecule has 176 valence electrons. The molecule has 2 aromatic carbocycles. The number of anilines is 2. The Morgan fingerprint density at radius 2 is 1.76 bits per heavy atom. The van der Waals surface area contributed by atoms with Gasteiger partial charge in [-0.2, -0.15) is 9.97 Å². The lowest BCUT2D eigenvalue weighted by Gasteiger charge is -2.23. The molecule has 5 rings (SSSR count). The molecule has 1 aliphatic heterocycles. The Morgan fingerprint density at radius 1 is 0.971 bits per heavy atom. The second-order valence-corrected chi connectivity index (χ2v) is 8.62. The molecule has 3 heterocycles. The Labute approximate surface area is 201 Å². The van der Waals surface area contributed by atoms with Gasteiger partial charge in [0, 0.05) is 43.3 Å². The molecule has 0 radical (unpaired) electrons. The largest absolute Gasteiger partial charge is 0.492 e. The highest BCUT2D eigenvalue weighted by atomic mass is 35.5. The first-order valence-corrected chi connectivity index (χ1v) is 11.6. The molecule has 8 nitrogen and oxygen atoms in total. The summed E-state index contributed by atoms with van der Waals surface area (Å²) in [5.41, 5.74) is 8.01. The number of aromatic amines is 1. The third kappa shape index (κ3) is 5.05. The van der Waals surface area contributed by atoms with E-state index >= 15 is 0 Å². The van der Waals surface area contributed by atoms with Crippen molar-refractivity contribution in [3.8, 4) is 17.1 Å². The van der Waals surface area contributed by atoms with Gasteiger partial charge in [-0.25, -0.2) is 9.37 Å². The summed E-state index contributed by atoms with van der Waals surface area (Å²) in [6, 6.07) is 13.6. The number of nitrogen functional groups attached to an aromatic ring is 1. The topological polar surface area (TPSA) is 96.2 Å². The number of nitrogens with one attached hydrogen (secondary N) is 1. The van der Waals surface area contributed by atoms with Crippen LogP contribution in [0.2, 0.25) is 5.02 Å². The average Bonchev–Trinajstić information content (AvgIpc) is 3.11. The van der Waals surface area contributed by atoms with Crippen LogP contribution >= 0.6 is 11.6 Å². The van der Waals surface area contributed by atoms with Crippen molar-refractivity contribution in [2.75, 3.05) is 50.0 Å². The molecule has 2 aromatic heterocycles. The molecule has 0 spiro atoms. The van der Waals surface area contributed by atoms with Crippen LogP contribution < -0.4 is 15.4 Å². The first-order chi connectivity index (χ1) is 16.5. The third-order valence-corrected chi connectivity index (χ3v) is 6.10. The van der Waals surface area contributed by atoms with Crippen LogP contribution in [0.15, 0.2) is 48.5 Å². The van der Waals surface area contributed by atoms with Crippen molar-refractivity contribution in [3.63, 3.8) is 0 Å². The zero-order valence-corrected chi connectivity index (χ0v) is 19.3. The summed E-state index contributed by atoms with van der Waals surface area (Å²) in [4.78, 5) is 21.3. The third-order valence-electron chi connectivity index (χ3n) is 5.84. The van der Waals surface area contributed by atoms with E-state index in [2.05, 4.69) is 29.7 Å². The van der Waals surface area contributed by atoms with Crippen molar-refractivity contribution in [2.45, 2.75) is 6.42 Å². The molecule has 34 heavy (non-hydrogen) atoms. The first kappa shape index (κ1) is 22.4. The molecule has 1 saturated heterocycles. The van der Waals surface area contributed by atoms with E-state index in [4.69, 9.17) is 22.1 Å². The van der Waals surface area contributed by atoms with Crippen LogP contribution in [-0.4, -0.2) is 64.2 Å². The number of fused-ring (bicyclic) bond motifs is 1. The lowest BCUT2D eigenvalue weighted by molar-refractivity contribution is 0.218. The molecule has 1 aliphatic rings. The molecule has 3 N–H and O–H groups in total. The van der Waals surface area contributed by atoms with Gasteiger partial charge in [0.1, 0.15) is 29.5 Å². The van der Waals surface area contributed by atoms with Crippen molar-refractivity contribution in [3.05, 3.63) is 59.4 Å². The van der Waals surface area contributed by atoms with Crippen LogP contribution in [0.4, 0.5) is 16.2 Å². The van der Waals surface area contributed by atoms with E-state index in [1.807, 2.05) is 24.3 Å². The van der Waals surface area contributed by atoms with Crippen LogP contribution in [0.1, 0.15) is 6.42 Å². The molecule has 0 amide bonds. The van der Waals surface area contributed by atoms with Crippen LogP contribution in [0.5, 0.6) is 5.75 Å². The van der Waals surface area contributed by atoms with E-state index in [1.54, 1.807) is 12.1 Å². The van der Waals surface area contributed by atoms with Crippen molar-refractivity contribution < 1.29 is 9.13 Å². The highest BCUT2D eigenvalue weighted by Crippen LogP contribution is 2.27. The average molecular weight is 482 g/mol. The first-order valence-electron chi connectivity index (χ1n) is 11.2. The summed E-state index contributed by atoms with van der Waals surface area (Å²) < 4.78 is 19.2. The van der Waals surface area contributed by atoms with Crippen LogP contribution in [0, 0.1) is 5.82 Å². The lowest BCUT2D eigenvalue weighted by atomic mass is 10.2. The number of hydrogen-bond acceptors (Lipinski definition) is 7. The fourth-order valence-electron chi connectivity index (χ4n) is 4.10. The maximum Gasteiger partial charge on any atom is 0.224 e. The zero-order valence-electron chi connectivity index (χ0n) is 18.5. The minimum absolute atomic E-state index is 0.178. The van der Waals surface area contributed by atoms with Gasteiger partial charge in [-0.3, -0.25) is 4.90 Å². The molecule has 0 saturated carbocycles. The Balaban J connectivity index is 1.28. The molecule has 4 aromatic rings. The number of imidazole rings is 1. The molecule has 0 bridgehead atoms. The van der Waals surface area contributed by atoms with Gasteiger partial charge in [-0.15, -0.1) is 0 Å². The molecule has 0 atom stereocenters. The van der Waals surface area contributed by atoms with Gasteiger partial charge >= 0.3 is 0 Å². The Morgan fingerprint density at radius 3 is 2.56 bits per heavy atom. The summed E-state index contributed by atoms with van der Waals surface area (Å²) in [5.74, 6) is 2.04. The number of rotatable bonds is 6. The summed E-state index contributed by atoms with van der Waals surface area (Å²) in [5, 5.41) is 0.696. The number of ether oxygens (including phenoxy) is 1. The lowest BCUT2D eigenvalue weighted by Crippen LogP contribution is -2.33. The molecule has 10 heteroatoms. The maximum absolute atomic E-state index is 13.3. The smallest absolute Gasteiger partial charge is 0.224 e. The van der Waals surface area contributed by atoms with E-state index in [0.29, 0.717) is 23.1 Å². The number of aromatic nitrogens is 4. The van der Waals surface area contributed by atoms with Crippen LogP contribution in [0.3, 0.4) is 0 Å². The quantitative estimate of drug-likeness (QED) is 0.430. The van der Waals surface area contributed by atoms with Crippen molar-refractivity contribution in [2.24, 2.45) is 0 Å². The second-order valence-electron chi connectivity index (χ2n) is 8.18. The number of benzene rings is 2. The monoisotopic (exact) mass is 481 g/mol. The number of halogens is 2. The fraction of sp³-hybridized carbons (Fsp3) is 0.292. The number of nitrogens with zero attached hydrogens (tertiary/aromatic N) is 5. The van der Waals surface area contributed by atoms with Gasteiger partial charge in [0.25, 0.3) is 0 Å². The minimum atomic E-state index is -0.294. The molecular formula is C24H25ClFN7O. The standard InChI is InChI=1S/C24H25ClFN7O/c25-17-4-8-19(9-5-17)34-15-14-32-10-1-11-33(13-12-32)23-20-22(30-24(27)31-23)29-21(28-20)16-2-6-18(26)7-3-16/h2-9H,1,10-15H2,(H3,27,28,29,30,31). The summed E-state index contributed by atoms with van der Waals surface area (Å²) >= 11 is 5.93. The van der Waals surface area contributed by atoms with Crippen molar-refractivity contribution in [1.82, 2.24) is 24.8 Å². The highest BCUT2D eigenvalue weighted by Gasteiger charge is 2.21. The minimum Gasteiger partial charge on any atom is -0.492 e. The molecule has 0 aliphatic carbocycles. The van der Waals surface area contributed by atoms with Crippen molar-refractivity contribution in [1.29, 1.82) is 0 Å². The van der Waals surface area contributed by atoms with Gasteiger partial charge in [0.05, 0.1) is 0 Å². The molecule has 0 unspecified atom stereocenters. The summed E-state index contributed by atoms with van der Waals surface area (Å²) in [7, 11) is 0. The van der Waals surface area contributed by atoms with Crippen LogP contribution in [-0.2, 0) is 0 Å². The van der Waals surface area contributed by atoms with Gasteiger partial charge < -0.3 is 20.4 Å². The van der Waals surface area contributed by atoms with Crippen LogP contribution in [0.25, 0.3) is 22.6 Å². The van der Waals surface area contributed by atoms with E-state index < -0.39 is 0 Å². The number of hydrogen-bond donors (Lipinski definition) is 2. The van der Waals surface area contributed by atoms with Gasteiger partial charge in [-0.05, 0) is 55.0 Å². The maximum atomic E-state index is 13.3. The SMILES string of the molecule is Nc1nc(N2CCCN(CCOc3ccc(Cl)cc3)CC2)c2[nH]c(-c3ccc(F)cc3)nc2n1. The zero-order chi connectivity index (χ0) is 23.5. The highest BCUT2D eigenvalue weighted by molar-refractivity contribution is 6.30. The van der Waals surface area contributed by atoms with Gasteiger partial charge in [0.2, 0.25) is 5.95 Å². The predicted octanol–water partition coefficient (Wildman–Crippen LogP) is 3.99.